The van der Waals surface area contributed by atoms with Gasteiger partial charge in [0.05, 0.1) is 6.54 Å². The molecule has 1 aliphatic carbocycles. The van der Waals surface area contributed by atoms with Crippen LogP contribution in [0.1, 0.15) is 46.0 Å². The molecule has 0 aromatic heterocycles. The number of carbonyl (C=O) groups excluding carboxylic acids is 1. The first-order valence-corrected chi connectivity index (χ1v) is 7.63. The van der Waals surface area contributed by atoms with E-state index >= 15 is 0 Å². The van der Waals surface area contributed by atoms with E-state index in [9.17, 15) is 4.79 Å². The minimum atomic E-state index is 0. The number of hydrogen-bond donors (Lipinski definition) is 1. The number of nitrogens with zero attached hydrogens (tertiary/aromatic N) is 1. The van der Waals surface area contributed by atoms with Crippen molar-refractivity contribution in [1.82, 2.24) is 10.2 Å². The summed E-state index contributed by atoms with van der Waals surface area (Å²) in [5, 5.41) is 3.31. The SMILES string of the molecule is CC(C)CC1CCCN(C(=O)CNCC2CC2)C1.Cl. The van der Waals surface area contributed by atoms with Crippen LogP contribution in [0.25, 0.3) is 0 Å². The molecule has 2 fully saturated rings. The van der Waals surface area contributed by atoms with Crippen molar-refractivity contribution in [3.63, 3.8) is 0 Å². The zero-order valence-electron chi connectivity index (χ0n) is 12.4. The average molecular weight is 289 g/mol. The summed E-state index contributed by atoms with van der Waals surface area (Å²) in [4.78, 5) is 14.2. The lowest BCUT2D eigenvalue weighted by atomic mass is 9.90. The van der Waals surface area contributed by atoms with Gasteiger partial charge in [-0.15, -0.1) is 12.4 Å². The largest absolute Gasteiger partial charge is 0.341 e. The van der Waals surface area contributed by atoms with Gasteiger partial charge < -0.3 is 10.2 Å². The third kappa shape index (κ3) is 6.13. The third-order valence-electron chi connectivity index (χ3n) is 4.08. The summed E-state index contributed by atoms with van der Waals surface area (Å²) in [5.41, 5.74) is 0. The highest BCUT2D eigenvalue weighted by molar-refractivity contribution is 5.85. The second-order valence-electron chi connectivity index (χ2n) is 6.55. The molecule has 1 atom stereocenters. The second-order valence-corrected chi connectivity index (χ2v) is 6.55. The molecule has 1 saturated heterocycles. The Balaban J connectivity index is 0.00000180. The molecule has 4 heteroatoms. The molecule has 112 valence electrons. The van der Waals surface area contributed by atoms with Crippen molar-refractivity contribution < 1.29 is 4.79 Å². The Hall–Kier alpha value is -0.280. The van der Waals surface area contributed by atoms with Gasteiger partial charge in [-0.3, -0.25) is 4.79 Å². The normalized spacial score (nSPS) is 23.3. The first-order chi connectivity index (χ1) is 8.65. The molecule has 0 aromatic carbocycles. The van der Waals surface area contributed by atoms with Gasteiger partial charge in [0.25, 0.3) is 0 Å². The molecule has 1 unspecified atom stereocenters. The molecule has 1 saturated carbocycles. The zero-order chi connectivity index (χ0) is 13.0. The Morgan fingerprint density at radius 3 is 2.63 bits per heavy atom. The van der Waals surface area contributed by atoms with Crippen LogP contribution >= 0.6 is 12.4 Å². The van der Waals surface area contributed by atoms with Gasteiger partial charge in [0.15, 0.2) is 0 Å². The van der Waals surface area contributed by atoms with Gasteiger partial charge >= 0.3 is 0 Å². The Labute approximate surface area is 123 Å². The maximum absolute atomic E-state index is 12.1. The van der Waals surface area contributed by atoms with Crippen molar-refractivity contribution in [2.24, 2.45) is 17.8 Å². The molecule has 19 heavy (non-hydrogen) atoms. The fourth-order valence-electron chi connectivity index (χ4n) is 2.97. The number of amides is 1. The van der Waals surface area contributed by atoms with Crippen LogP contribution in [0.4, 0.5) is 0 Å². The smallest absolute Gasteiger partial charge is 0.236 e. The molecular formula is C15H29ClN2O. The minimum absolute atomic E-state index is 0. The summed E-state index contributed by atoms with van der Waals surface area (Å²) in [6.07, 6.45) is 6.45. The number of rotatable bonds is 6. The molecule has 1 heterocycles. The van der Waals surface area contributed by atoms with E-state index < -0.39 is 0 Å². The van der Waals surface area contributed by atoms with Gasteiger partial charge in [0.2, 0.25) is 5.91 Å². The van der Waals surface area contributed by atoms with Crippen LogP contribution in [0.5, 0.6) is 0 Å². The topological polar surface area (TPSA) is 32.3 Å². The number of halogens is 1. The maximum Gasteiger partial charge on any atom is 0.236 e. The lowest BCUT2D eigenvalue weighted by molar-refractivity contribution is -0.132. The van der Waals surface area contributed by atoms with E-state index in [1.165, 1.54) is 32.1 Å². The molecule has 3 nitrogen and oxygen atoms in total. The fraction of sp³-hybridized carbons (Fsp3) is 0.933. The van der Waals surface area contributed by atoms with Crippen LogP contribution < -0.4 is 5.32 Å². The van der Waals surface area contributed by atoms with Crippen molar-refractivity contribution in [3.05, 3.63) is 0 Å². The first kappa shape index (κ1) is 16.8. The van der Waals surface area contributed by atoms with Crippen LogP contribution in [-0.4, -0.2) is 37.0 Å². The standard InChI is InChI=1S/C15H28N2O.ClH/c1-12(2)8-14-4-3-7-17(11-14)15(18)10-16-9-13-5-6-13;/h12-14,16H,3-11H2,1-2H3;1H. The van der Waals surface area contributed by atoms with E-state index in [1.807, 2.05) is 0 Å². The van der Waals surface area contributed by atoms with E-state index in [2.05, 4.69) is 24.1 Å². The van der Waals surface area contributed by atoms with Gasteiger partial charge in [-0.1, -0.05) is 13.8 Å². The summed E-state index contributed by atoms with van der Waals surface area (Å²) in [7, 11) is 0. The lowest BCUT2D eigenvalue weighted by Gasteiger charge is -2.33. The molecule has 2 aliphatic rings. The summed E-state index contributed by atoms with van der Waals surface area (Å²) in [6.45, 7) is 8.09. The van der Waals surface area contributed by atoms with Crippen molar-refractivity contribution in [2.75, 3.05) is 26.2 Å². The van der Waals surface area contributed by atoms with Crippen molar-refractivity contribution in [1.29, 1.82) is 0 Å². The average Bonchev–Trinajstić information content (AvgIpc) is 3.12. The lowest BCUT2D eigenvalue weighted by Crippen LogP contribution is -2.44. The van der Waals surface area contributed by atoms with Gasteiger partial charge in [0.1, 0.15) is 0 Å². The first-order valence-electron chi connectivity index (χ1n) is 7.63. The summed E-state index contributed by atoms with van der Waals surface area (Å²) >= 11 is 0. The van der Waals surface area contributed by atoms with Crippen molar-refractivity contribution >= 4 is 18.3 Å². The minimum Gasteiger partial charge on any atom is -0.341 e. The molecule has 0 radical (unpaired) electrons. The van der Waals surface area contributed by atoms with Gasteiger partial charge in [-0.25, -0.2) is 0 Å². The number of piperidine rings is 1. The van der Waals surface area contributed by atoms with Crippen LogP contribution in [0, 0.1) is 17.8 Å². The predicted octanol–water partition coefficient (Wildman–Crippen LogP) is 2.69. The quantitative estimate of drug-likeness (QED) is 0.815. The molecular weight excluding hydrogens is 260 g/mol. The third-order valence-corrected chi connectivity index (χ3v) is 4.08. The molecule has 2 rings (SSSR count). The number of nitrogens with one attached hydrogen (secondary N) is 1. The van der Waals surface area contributed by atoms with E-state index in [-0.39, 0.29) is 12.4 Å². The fourth-order valence-corrected chi connectivity index (χ4v) is 2.97. The number of carbonyl (C=O) groups is 1. The molecule has 0 bridgehead atoms. The Bertz CT molecular complexity index is 279. The highest BCUT2D eigenvalue weighted by Gasteiger charge is 2.25. The predicted molar refractivity (Wildman–Crippen MR) is 81.6 cm³/mol. The Kier molecular flexibility index (Phi) is 7.16. The van der Waals surface area contributed by atoms with Gasteiger partial charge in [-0.2, -0.15) is 0 Å². The Morgan fingerprint density at radius 2 is 2.00 bits per heavy atom. The van der Waals surface area contributed by atoms with E-state index in [1.54, 1.807) is 0 Å². The highest BCUT2D eigenvalue weighted by atomic mass is 35.5. The van der Waals surface area contributed by atoms with Crippen molar-refractivity contribution in [2.45, 2.75) is 46.0 Å². The second kappa shape index (κ2) is 8.11. The summed E-state index contributed by atoms with van der Waals surface area (Å²) in [5.74, 6) is 2.64. The van der Waals surface area contributed by atoms with E-state index in [4.69, 9.17) is 0 Å². The highest BCUT2D eigenvalue weighted by Crippen LogP contribution is 2.27. The number of likely N-dealkylation sites (tertiary alicyclic amines) is 1. The molecule has 1 aliphatic heterocycles. The molecule has 1 amide bonds. The van der Waals surface area contributed by atoms with Crippen LogP contribution in [0.15, 0.2) is 0 Å². The van der Waals surface area contributed by atoms with Gasteiger partial charge in [0, 0.05) is 13.1 Å². The van der Waals surface area contributed by atoms with Crippen LogP contribution in [0.3, 0.4) is 0 Å². The zero-order valence-corrected chi connectivity index (χ0v) is 13.2. The van der Waals surface area contributed by atoms with E-state index in [0.29, 0.717) is 12.5 Å². The van der Waals surface area contributed by atoms with E-state index in [0.717, 1.165) is 37.4 Å². The monoisotopic (exact) mass is 288 g/mol. The number of hydrogen-bond acceptors (Lipinski definition) is 2. The molecule has 0 aromatic rings. The Morgan fingerprint density at radius 1 is 1.26 bits per heavy atom. The molecule has 1 N–H and O–H groups in total. The molecule has 0 spiro atoms. The summed E-state index contributed by atoms with van der Waals surface area (Å²) in [6, 6.07) is 0. The van der Waals surface area contributed by atoms with Gasteiger partial charge in [-0.05, 0) is 56.4 Å². The maximum atomic E-state index is 12.1. The summed E-state index contributed by atoms with van der Waals surface area (Å²) < 4.78 is 0. The van der Waals surface area contributed by atoms with Crippen LogP contribution in [-0.2, 0) is 4.79 Å². The van der Waals surface area contributed by atoms with Crippen molar-refractivity contribution in [3.8, 4) is 0 Å². The van der Waals surface area contributed by atoms with Crippen LogP contribution in [0.2, 0.25) is 0 Å².